The molecule has 2 amide bonds. The molecule has 176 valence electrons. The lowest BCUT2D eigenvalue weighted by Crippen LogP contribution is -2.48. The van der Waals surface area contributed by atoms with Gasteiger partial charge >= 0.3 is 0 Å². The number of hydrogen-bond acceptors (Lipinski definition) is 6. The van der Waals surface area contributed by atoms with Crippen LogP contribution in [0.2, 0.25) is 0 Å². The van der Waals surface area contributed by atoms with E-state index in [0.717, 1.165) is 81.0 Å². The maximum atomic E-state index is 13.6. The van der Waals surface area contributed by atoms with Gasteiger partial charge in [0.2, 0.25) is 5.91 Å². The monoisotopic (exact) mass is 451 g/mol. The van der Waals surface area contributed by atoms with Crippen molar-refractivity contribution < 1.29 is 14.1 Å². The van der Waals surface area contributed by atoms with Crippen LogP contribution in [0.3, 0.4) is 0 Å². The summed E-state index contributed by atoms with van der Waals surface area (Å²) in [6, 6.07) is 7.69. The Bertz CT molecular complexity index is 956. The molecule has 33 heavy (non-hydrogen) atoms. The number of rotatable bonds is 6. The van der Waals surface area contributed by atoms with Crippen molar-refractivity contribution in [2.24, 2.45) is 5.92 Å². The van der Waals surface area contributed by atoms with Gasteiger partial charge in [0.25, 0.3) is 5.91 Å². The molecule has 0 radical (unpaired) electrons. The molecular weight excluding hydrogens is 418 g/mol. The highest BCUT2D eigenvalue weighted by Gasteiger charge is 2.30. The van der Waals surface area contributed by atoms with E-state index in [0.29, 0.717) is 13.1 Å². The van der Waals surface area contributed by atoms with Gasteiger partial charge in [-0.3, -0.25) is 14.5 Å². The molecule has 0 spiro atoms. The molecule has 8 nitrogen and oxygen atoms in total. The first-order valence-electron chi connectivity index (χ1n) is 12.3. The number of hydrogen-bond donors (Lipinski definition) is 1. The Kier molecular flexibility index (Phi) is 6.62. The Balaban J connectivity index is 1.31. The van der Waals surface area contributed by atoms with Gasteiger partial charge in [-0.25, -0.2) is 0 Å². The fraction of sp³-hybridized carbons (Fsp3) is 0.560. The zero-order valence-electron chi connectivity index (χ0n) is 19.2. The number of carbonyl (C=O) groups is 2. The fourth-order valence-electron chi connectivity index (χ4n) is 4.78. The molecule has 2 saturated heterocycles. The number of nitrogens with zero attached hydrogens (tertiary/aromatic N) is 4. The molecule has 3 heterocycles. The highest BCUT2D eigenvalue weighted by molar-refractivity contribution is 6.02. The van der Waals surface area contributed by atoms with Gasteiger partial charge in [0.1, 0.15) is 6.26 Å². The third kappa shape index (κ3) is 5.38. The highest BCUT2D eigenvalue weighted by Crippen LogP contribution is 2.32. The molecule has 2 aromatic rings. The summed E-state index contributed by atoms with van der Waals surface area (Å²) < 4.78 is 4.93. The van der Waals surface area contributed by atoms with Crippen LogP contribution in [0.4, 0.5) is 11.4 Å². The lowest BCUT2D eigenvalue weighted by molar-refractivity contribution is -0.117. The van der Waals surface area contributed by atoms with Crippen LogP contribution in [-0.4, -0.2) is 66.0 Å². The van der Waals surface area contributed by atoms with Crippen molar-refractivity contribution in [2.45, 2.75) is 45.1 Å². The Hall–Kier alpha value is -2.87. The largest absolute Gasteiger partial charge is 0.371 e. The van der Waals surface area contributed by atoms with Crippen molar-refractivity contribution in [1.82, 2.24) is 15.0 Å². The molecule has 8 heteroatoms. The first-order valence-corrected chi connectivity index (χ1v) is 12.3. The zero-order valence-corrected chi connectivity index (χ0v) is 19.2. The third-order valence-corrected chi connectivity index (χ3v) is 6.93. The Morgan fingerprint density at radius 3 is 2.39 bits per heavy atom. The number of nitrogens with one attached hydrogen (secondary N) is 1. The number of anilines is 2. The number of benzene rings is 1. The summed E-state index contributed by atoms with van der Waals surface area (Å²) in [6.45, 7) is 5.65. The highest BCUT2D eigenvalue weighted by atomic mass is 16.5. The van der Waals surface area contributed by atoms with Gasteiger partial charge < -0.3 is 19.6 Å². The predicted molar refractivity (Wildman–Crippen MR) is 126 cm³/mol. The van der Waals surface area contributed by atoms with Crippen molar-refractivity contribution in [3.63, 3.8) is 0 Å². The first-order chi connectivity index (χ1) is 16.2. The molecule has 2 aliphatic heterocycles. The van der Waals surface area contributed by atoms with E-state index in [9.17, 15) is 9.59 Å². The van der Waals surface area contributed by atoms with Crippen LogP contribution in [0.5, 0.6) is 0 Å². The van der Waals surface area contributed by atoms with Crippen LogP contribution in [-0.2, 0) is 11.3 Å². The molecular formula is C25H33N5O3. The van der Waals surface area contributed by atoms with Crippen molar-refractivity contribution in [3.05, 3.63) is 41.8 Å². The average Bonchev–Trinajstić information content (AvgIpc) is 3.62. The fourth-order valence-corrected chi connectivity index (χ4v) is 4.78. The number of piperazine rings is 1. The van der Waals surface area contributed by atoms with E-state index in [1.165, 1.54) is 12.8 Å². The van der Waals surface area contributed by atoms with Crippen LogP contribution < -0.4 is 10.2 Å². The molecule has 1 aromatic carbocycles. The van der Waals surface area contributed by atoms with Crippen molar-refractivity contribution in [1.29, 1.82) is 0 Å². The number of aromatic nitrogens is 1. The van der Waals surface area contributed by atoms with Gasteiger partial charge in [-0.05, 0) is 43.9 Å². The summed E-state index contributed by atoms with van der Waals surface area (Å²) >= 11 is 0. The second kappa shape index (κ2) is 9.95. The predicted octanol–water partition coefficient (Wildman–Crippen LogP) is 3.36. The van der Waals surface area contributed by atoms with Crippen LogP contribution in [0, 0.1) is 5.92 Å². The van der Waals surface area contributed by atoms with E-state index >= 15 is 0 Å². The van der Waals surface area contributed by atoms with E-state index in [1.807, 2.05) is 29.2 Å². The van der Waals surface area contributed by atoms with Gasteiger partial charge in [0.15, 0.2) is 0 Å². The van der Waals surface area contributed by atoms with Crippen LogP contribution in [0.15, 0.2) is 35.1 Å². The topological polar surface area (TPSA) is 81.9 Å². The lowest BCUT2D eigenvalue weighted by atomic mass is 10.1. The number of carbonyl (C=O) groups excluding carboxylic acids is 2. The van der Waals surface area contributed by atoms with Gasteiger partial charge in [-0.2, -0.15) is 0 Å². The van der Waals surface area contributed by atoms with Crippen molar-refractivity contribution in [2.75, 3.05) is 49.5 Å². The Labute approximate surface area is 194 Å². The van der Waals surface area contributed by atoms with Crippen LogP contribution in [0.1, 0.15) is 54.6 Å². The van der Waals surface area contributed by atoms with Gasteiger partial charge in [-0.15, -0.1) is 0 Å². The minimum absolute atomic E-state index is 0.0791. The molecule has 3 aliphatic rings. The summed E-state index contributed by atoms with van der Waals surface area (Å²) in [6.07, 6.45) is 8.26. The summed E-state index contributed by atoms with van der Waals surface area (Å²) in [4.78, 5) is 32.5. The van der Waals surface area contributed by atoms with Crippen LogP contribution in [0.25, 0.3) is 0 Å². The molecule has 0 atom stereocenters. The maximum Gasteiger partial charge on any atom is 0.256 e. The minimum Gasteiger partial charge on any atom is -0.371 e. The average molecular weight is 452 g/mol. The van der Waals surface area contributed by atoms with E-state index in [4.69, 9.17) is 4.52 Å². The maximum absolute atomic E-state index is 13.6. The van der Waals surface area contributed by atoms with E-state index < -0.39 is 0 Å². The molecule has 3 fully saturated rings. The summed E-state index contributed by atoms with van der Waals surface area (Å²) in [7, 11) is 0. The molecule has 0 unspecified atom stereocenters. The normalized spacial score (nSPS) is 19.9. The van der Waals surface area contributed by atoms with Crippen molar-refractivity contribution in [3.8, 4) is 0 Å². The molecule has 5 rings (SSSR count). The third-order valence-electron chi connectivity index (χ3n) is 6.93. The zero-order chi connectivity index (χ0) is 22.6. The lowest BCUT2D eigenvalue weighted by Gasteiger charge is -2.35. The summed E-state index contributed by atoms with van der Waals surface area (Å²) in [5.74, 6) is 0.330. The van der Waals surface area contributed by atoms with Crippen molar-refractivity contribution >= 4 is 23.2 Å². The Morgan fingerprint density at radius 2 is 1.73 bits per heavy atom. The van der Waals surface area contributed by atoms with E-state index in [-0.39, 0.29) is 17.7 Å². The minimum atomic E-state index is 0.0791. The molecule has 1 N–H and O–H groups in total. The van der Waals surface area contributed by atoms with Gasteiger partial charge in [0.05, 0.1) is 16.9 Å². The summed E-state index contributed by atoms with van der Waals surface area (Å²) in [5, 5.41) is 7.05. The van der Waals surface area contributed by atoms with E-state index in [2.05, 4.69) is 20.3 Å². The second-order valence-electron chi connectivity index (χ2n) is 9.46. The quantitative estimate of drug-likeness (QED) is 0.725. The van der Waals surface area contributed by atoms with Gasteiger partial charge in [-0.1, -0.05) is 18.0 Å². The smallest absolute Gasteiger partial charge is 0.256 e. The van der Waals surface area contributed by atoms with Crippen LogP contribution >= 0.6 is 0 Å². The second-order valence-corrected chi connectivity index (χ2v) is 9.46. The first kappa shape index (κ1) is 21.9. The SMILES string of the molecule is O=C(Nc1ccc(C(=O)N2CCN(Cc3ccon3)CC2)c(N2CCCCCC2)c1)C1CC1. The molecule has 0 bridgehead atoms. The summed E-state index contributed by atoms with van der Waals surface area (Å²) in [5.41, 5.74) is 3.41. The van der Waals surface area contributed by atoms with Gasteiger partial charge in [0, 0.05) is 63.5 Å². The molecule has 1 saturated carbocycles. The Morgan fingerprint density at radius 1 is 0.970 bits per heavy atom. The van der Waals surface area contributed by atoms with E-state index in [1.54, 1.807) is 6.26 Å². The molecule has 1 aromatic heterocycles. The molecule has 1 aliphatic carbocycles. The number of amides is 2. The standard InChI is InChI=1S/C25H33N5O3/c31-24(19-5-6-19)26-20-7-8-22(23(17-20)29-10-3-1-2-4-11-29)25(32)30-14-12-28(13-15-30)18-21-9-16-33-27-21/h7-9,16-17,19H,1-6,10-15,18H2,(H,26,31).